The molecule has 2 rings (SSSR count). The minimum atomic E-state index is -3.50. The average Bonchev–Trinajstić information content (AvgIpc) is 2.44. The monoisotopic (exact) mass is 324 g/mol. The summed E-state index contributed by atoms with van der Waals surface area (Å²) in [6.07, 6.45) is 3.25. The van der Waals surface area contributed by atoms with Gasteiger partial charge in [0.2, 0.25) is 15.9 Å². The van der Waals surface area contributed by atoms with Crippen molar-refractivity contribution in [1.29, 1.82) is 0 Å². The summed E-state index contributed by atoms with van der Waals surface area (Å²) in [4.78, 5) is 14.3. The van der Waals surface area contributed by atoms with Gasteiger partial charge in [0, 0.05) is 13.1 Å². The summed E-state index contributed by atoms with van der Waals surface area (Å²) in [5.41, 5.74) is 1.41. The van der Waals surface area contributed by atoms with Gasteiger partial charge in [-0.25, -0.2) is 8.42 Å². The van der Waals surface area contributed by atoms with Gasteiger partial charge in [-0.3, -0.25) is 9.10 Å². The van der Waals surface area contributed by atoms with E-state index in [-0.39, 0.29) is 12.5 Å². The molecule has 0 bridgehead atoms. The maximum absolute atomic E-state index is 12.5. The molecule has 1 heterocycles. The number of anilines is 1. The zero-order chi connectivity index (χ0) is 16.3. The SMILES string of the molecule is Cc1ccccc1N(CC(=O)N1CCCC(C)C1)S(C)(=O)=O. The lowest BCUT2D eigenvalue weighted by Gasteiger charge is -2.33. The van der Waals surface area contributed by atoms with E-state index in [9.17, 15) is 13.2 Å². The summed E-state index contributed by atoms with van der Waals surface area (Å²) in [5, 5.41) is 0. The Balaban J connectivity index is 2.21. The third kappa shape index (κ3) is 4.00. The molecule has 0 radical (unpaired) electrons. The minimum Gasteiger partial charge on any atom is -0.341 e. The number of sulfonamides is 1. The molecule has 1 amide bonds. The standard InChI is InChI=1S/C16H24N2O3S/c1-13-7-6-10-17(11-13)16(19)12-18(22(3,20)21)15-9-5-4-8-14(15)2/h4-5,8-9,13H,6-7,10-12H2,1-3H3. The topological polar surface area (TPSA) is 57.7 Å². The molecule has 0 aromatic heterocycles. The molecule has 0 N–H and O–H groups in total. The van der Waals surface area contributed by atoms with Gasteiger partial charge >= 0.3 is 0 Å². The predicted octanol–water partition coefficient (Wildman–Crippen LogP) is 2.02. The first-order valence-corrected chi connectivity index (χ1v) is 9.45. The highest BCUT2D eigenvalue weighted by molar-refractivity contribution is 7.92. The molecule has 1 unspecified atom stereocenters. The number of hydrogen-bond donors (Lipinski definition) is 0. The second-order valence-electron chi connectivity index (χ2n) is 6.14. The summed E-state index contributed by atoms with van der Waals surface area (Å²) in [5.74, 6) is 0.350. The maximum atomic E-state index is 12.5. The lowest BCUT2D eigenvalue weighted by Crippen LogP contribution is -2.46. The Labute approximate surface area is 133 Å². The van der Waals surface area contributed by atoms with Crippen molar-refractivity contribution in [3.05, 3.63) is 29.8 Å². The van der Waals surface area contributed by atoms with Gasteiger partial charge in [-0.15, -0.1) is 0 Å². The van der Waals surface area contributed by atoms with Gasteiger partial charge in [0.1, 0.15) is 6.54 Å². The van der Waals surface area contributed by atoms with E-state index in [2.05, 4.69) is 6.92 Å². The summed E-state index contributed by atoms with van der Waals surface area (Å²) < 4.78 is 25.5. The van der Waals surface area contributed by atoms with Crippen LogP contribution in [0.15, 0.2) is 24.3 Å². The Morgan fingerprint density at radius 1 is 1.36 bits per heavy atom. The van der Waals surface area contributed by atoms with Gasteiger partial charge in [0.15, 0.2) is 0 Å². The van der Waals surface area contributed by atoms with Crippen LogP contribution in [-0.4, -0.2) is 45.1 Å². The first kappa shape index (κ1) is 16.8. The van der Waals surface area contributed by atoms with Crippen molar-refractivity contribution in [3.63, 3.8) is 0 Å². The molecule has 1 aliphatic rings. The summed E-state index contributed by atoms with van der Waals surface area (Å²) in [6.45, 7) is 5.27. The van der Waals surface area contributed by atoms with Crippen LogP contribution in [-0.2, 0) is 14.8 Å². The van der Waals surface area contributed by atoms with E-state index in [1.807, 2.05) is 19.1 Å². The number of amides is 1. The highest BCUT2D eigenvalue weighted by Gasteiger charge is 2.27. The summed E-state index contributed by atoms with van der Waals surface area (Å²) >= 11 is 0. The number of piperidine rings is 1. The number of para-hydroxylation sites is 1. The Bertz CT molecular complexity index is 643. The van der Waals surface area contributed by atoms with Crippen LogP contribution in [0.2, 0.25) is 0 Å². The molecule has 1 saturated heterocycles. The minimum absolute atomic E-state index is 0.125. The molecule has 122 valence electrons. The van der Waals surface area contributed by atoms with Crippen molar-refractivity contribution in [1.82, 2.24) is 4.90 Å². The van der Waals surface area contributed by atoms with E-state index in [1.54, 1.807) is 17.0 Å². The van der Waals surface area contributed by atoms with Crippen molar-refractivity contribution in [2.75, 3.05) is 30.2 Å². The Morgan fingerprint density at radius 3 is 2.64 bits per heavy atom. The molecule has 6 heteroatoms. The highest BCUT2D eigenvalue weighted by Crippen LogP contribution is 2.23. The van der Waals surface area contributed by atoms with Crippen LogP contribution in [0.5, 0.6) is 0 Å². The van der Waals surface area contributed by atoms with Crippen molar-refractivity contribution in [2.45, 2.75) is 26.7 Å². The molecular formula is C16H24N2O3S. The molecule has 22 heavy (non-hydrogen) atoms. The zero-order valence-corrected chi connectivity index (χ0v) is 14.3. The molecule has 1 fully saturated rings. The number of carbonyl (C=O) groups is 1. The predicted molar refractivity (Wildman–Crippen MR) is 88.3 cm³/mol. The van der Waals surface area contributed by atoms with Crippen LogP contribution in [0.3, 0.4) is 0 Å². The first-order valence-electron chi connectivity index (χ1n) is 7.60. The van der Waals surface area contributed by atoms with Crippen molar-refractivity contribution in [3.8, 4) is 0 Å². The van der Waals surface area contributed by atoms with Gasteiger partial charge in [0.05, 0.1) is 11.9 Å². The number of likely N-dealkylation sites (tertiary alicyclic amines) is 1. The average molecular weight is 324 g/mol. The van der Waals surface area contributed by atoms with Crippen molar-refractivity contribution < 1.29 is 13.2 Å². The summed E-state index contributed by atoms with van der Waals surface area (Å²) in [6, 6.07) is 7.23. The number of benzene rings is 1. The number of rotatable bonds is 4. The highest BCUT2D eigenvalue weighted by atomic mass is 32.2. The molecule has 0 saturated carbocycles. The van der Waals surface area contributed by atoms with Gasteiger partial charge < -0.3 is 4.90 Å². The molecule has 5 nitrogen and oxygen atoms in total. The third-order valence-corrected chi connectivity index (χ3v) is 5.20. The van der Waals surface area contributed by atoms with E-state index in [0.717, 1.165) is 24.7 Å². The van der Waals surface area contributed by atoms with E-state index in [4.69, 9.17) is 0 Å². The molecule has 1 atom stereocenters. The van der Waals surface area contributed by atoms with Crippen LogP contribution in [0, 0.1) is 12.8 Å². The summed E-state index contributed by atoms with van der Waals surface area (Å²) in [7, 11) is -3.50. The van der Waals surface area contributed by atoms with Crippen LogP contribution >= 0.6 is 0 Å². The third-order valence-electron chi connectivity index (χ3n) is 4.07. The van der Waals surface area contributed by atoms with Crippen molar-refractivity contribution >= 4 is 21.6 Å². The van der Waals surface area contributed by atoms with Gasteiger partial charge in [-0.1, -0.05) is 25.1 Å². The van der Waals surface area contributed by atoms with Crippen LogP contribution in [0.4, 0.5) is 5.69 Å². The quantitative estimate of drug-likeness (QED) is 0.851. The van der Waals surface area contributed by atoms with Crippen LogP contribution in [0.25, 0.3) is 0 Å². The lowest BCUT2D eigenvalue weighted by molar-refractivity contribution is -0.131. The Kier molecular flexibility index (Phi) is 5.11. The molecule has 1 aliphatic heterocycles. The van der Waals surface area contributed by atoms with Gasteiger partial charge in [-0.05, 0) is 37.3 Å². The fourth-order valence-corrected chi connectivity index (χ4v) is 3.77. The Hall–Kier alpha value is -1.56. The molecule has 1 aromatic rings. The smallest absolute Gasteiger partial charge is 0.243 e. The normalized spacial score (nSPS) is 19.0. The number of hydrogen-bond acceptors (Lipinski definition) is 3. The number of nitrogens with zero attached hydrogens (tertiary/aromatic N) is 2. The molecule has 1 aromatic carbocycles. The fraction of sp³-hybridized carbons (Fsp3) is 0.562. The second kappa shape index (κ2) is 6.69. The van der Waals surface area contributed by atoms with Crippen LogP contribution < -0.4 is 4.31 Å². The maximum Gasteiger partial charge on any atom is 0.243 e. The van der Waals surface area contributed by atoms with E-state index >= 15 is 0 Å². The molecule has 0 aliphatic carbocycles. The van der Waals surface area contributed by atoms with E-state index in [0.29, 0.717) is 24.7 Å². The second-order valence-corrected chi connectivity index (χ2v) is 8.05. The number of aryl methyl sites for hydroxylation is 1. The number of carbonyl (C=O) groups excluding carboxylic acids is 1. The zero-order valence-electron chi connectivity index (χ0n) is 13.4. The Morgan fingerprint density at radius 2 is 2.05 bits per heavy atom. The molecular weight excluding hydrogens is 300 g/mol. The van der Waals surface area contributed by atoms with E-state index < -0.39 is 10.0 Å². The lowest BCUT2D eigenvalue weighted by atomic mass is 10.0. The molecule has 0 spiro atoms. The van der Waals surface area contributed by atoms with Gasteiger partial charge in [0.25, 0.3) is 0 Å². The van der Waals surface area contributed by atoms with E-state index in [1.165, 1.54) is 4.31 Å². The largest absolute Gasteiger partial charge is 0.341 e. The van der Waals surface area contributed by atoms with Crippen LogP contribution in [0.1, 0.15) is 25.3 Å². The van der Waals surface area contributed by atoms with Crippen molar-refractivity contribution in [2.24, 2.45) is 5.92 Å². The fourth-order valence-electron chi connectivity index (χ4n) is 2.86. The first-order chi connectivity index (χ1) is 10.3. The van der Waals surface area contributed by atoms with Gasteiger partial charge in [-0.2, -0.15) is 0 Å².